The molecule has 6 heteroatoms. The van der Waals surface area contributed by atoms with Gasteiger partial charge in [-0.2, -0.15) is 0 Å². The number of aromatic nitrogens is 4. The van der Waals surface area contributed by atoms with Gasteiger partial charge in [-0.3, -0.25) is 14.9 Å². The average molecular weight is 503 g/mol. The Morgan fingerprint density at radius 1 is 0.868 bits per heavy atom. The minimum Gasteiger partial charge on any atom is -0.341 e. The number of hydrogen-bond acceptors (Lipinski definition) is 5. The molecule has 1 unspecified atom stereocenters. The van der Waals surface area contributed by atoms with Crippen LogP contribution >= 0.6 is 0 Å². The Morgan fingerprint density at radius 3 is 2.55 bits per heavy atom. The van der Waals surface area contributed by atoms with E-state index in [0.29, 0.717) is 0 Å². The van der Waals surface area contributed by atoms with Gasteiger partial charge in [0.1, 0.15) is 5.82 Å². The van der Waals surface area contributed by atoms with Crippen LogP contribution in [0.4, 0.5) is 0 Å². The molecule has 6 rings (SSSR count). The van der Waals surface area contributed by atoms with E-state index in [1.54, 1.807) is 0 Å². The Labute approximate surface area is 224 Å². The van der Waals surface area contributed by atoms with Crippen LogP contribution in [-0.4, -0.2) is 24.8 Å². The van der Waals surface area contributed by atoms with E-state index in [1.165, 1.54) is 34.4 Å². The van der Waals surface area contributed by atoms with Crippen molar-refractivity contribution in [1.82, 2.24) is 30.2 Å². The molecule has 1 aliphatic carbocycles. The zero-order chi connectivity index (χ0) is 25.7. The van der Waals surface area contributed by atoms with Crippen LogP contribution in [0.2, 0.25) is 0 Å². The van der Waals surface area contributed by atoms with Gasteiger partial charge in [-0.1, -0.05) is 48.5 Å². The molecule has 1 atom stereocenters. The molecule has 0 saturated carbocycles. The molecule has 6 nitrogen and oxygen atoms in total. The number of pyridine rings is 2. The molecular weight excluding hydrogens is 468 g/mol. The molecule has 0 saturated heterocycles. The van der Waals surface area contributed by atoms with Crippen LogP contribution in [0.15, 0.2) is 85.2 Å². The molecule has 5 aromatic rings. The second kappa shape index (κ2) is 11.3. The number of imidazole rings is 1. The van der Waals surface area contributed by atoms with Gasteiger partial charge in [-0.15, -0.1) is 0 Å². The lowest BCUT2D eigenvalue weighted by Gasteiger charge is -2.34. The molecule has 1 aliphatic rings. The number of aryl methyl sites for hydroxylation is 2. The molecule has 0 fully saturated rings. The monoisotopic (exact) mass is 502 g/mol. The SMILES string of the molecule is Cc1cccnc1CNCc1ccc(CN(Cc2nc3ccccc3[nH]2)C2CCCc3cccnc32)cc1. The Bertz CT molecular complexity index is 1470. The van der Waals surface area contributed by atoms with Gasteiger partial charge in [-0.25, -0.2) is 4.98 Å². The number of rotatable bonds is 9. The average Bonchev–Trinajstić information content (AvgIpc) is 3.37. The summed E-state index contributed by atoms with van der Waals surface area (Å²) in [5.41, 5.74) is 9.60. The maximum atomic E-state index is 4.89. The van der Waals surface area contributed by atoms with Gasteiger partial charge in [0, 0.05) is 32.0 Å². The first-order chi connectivity index (χ1) is 18.7. The Morgan fingerprint density at radius 2 is 1.68 bits per heavy atom. The highest BCUT2D eigenvalue weighted by Crippen LogP contribution is 2.34. The largest absolute Gasteiger partial charge is 0.341 e. The third-order valence-corrected chi connectivity index (χ3v) is 7.55. The van der Waals surface area contributed by atoms with E-state index in [9.17, 15) is 0 Å². The van der Waals surface area contributed by atoms with Crippen molar-refractivity contribution in [2.45, 2.75) is 58.4 Å². The normalized spacial score (nSPS) is 15.2. The van der Waals surface area contributed by atoms with E-state index < -0.39 is 0 Å². The lowest BCUT2D eigenvalue weighted by molar-refractivity contribution is 0.153. The van der Waals surface area contributed by atoms with Crippen molar-refractivity contribution in [3.05, 3.63) is 125 Å². The van der Waals surface area contributed by atoms with Crippen molar-refractivity contribution in [3.63, 3.8) is 0 Å². The Hall–Kier alpha value is -3.87. The number of H-pyrrole nitrogens is 1. The number of nitrogens with one attached hydrogen (secondary N) is 2. The highest BCUT2D eigenvalue weighted by molar-refractivity contribution is 5.74. The highest BCUT2D eigenvalue weighted by atomic mass is 15.2. The molecule has 0 bridgehead atoms. The maximum absolute atomic E-state index is 4.89. The molecule has 192 valence electrons. The number of hydrogen-bond donors (Lipinski definition) is 2. The molecular formula is C32H34N6. The first-order valence-corrected chi connectivity index (χ1v) is 13.5. The highest BCUT2D eigenvalue weighted by Gasteiger charge is 2.28. The second-order valence-electron chi connectivity index (χ2n) is 10.2. The summed E-state index contributed by atoms with van der Waals surface area (Å²) in [5.74, 6) is 1.000. The molecule has 3 aromatic heterocycles. The third-order valence-electron chi connectivity index (χ3n) is 7.55. The smallest absolute Gasteiger partial charge is 0.121 e. The maximum Gasteiger partial charge on any atom is 0.121 e. The molecule has 2 aromatic carbocycles. The number of para-hydroxylation sites is 2. The Balaban J connectivity index is 1.19. The predicted molar refractivity (Wildman–Crippen MR) is 151 cm³/mol. The van der Waals surface area contributed by atoms with Crippen LogP contribution in [0.5, 0.6) is 0 Å². The molecule has 0 aliphatic heterocycles. The summed E-state index contributed by atoms with van der Waals surface area (Å²) in [6, 6.07) is 25.9. The lowest BCUT2D eigenvalue weighted by Crippen LogP contribution is -2.31. The fraction of sp³-hybridized carbons (Fsp3) is 0.281. The van der Waals surface area contributed by atoms with Crippen molar-refractivity contribution < 1.29 is 0 Å². The summed E-state index contributed by atoms with van der Waals surface area (Å²) >= 11 is 0. The van der Waals surface area contributed by atoms with E-state index in [2.05, 4.69) is 87.8 Å². The zero-order valence-electron chi connectivity index (χ0n) is 21.9. The topological polar surface area (TPSA) is 69.7 Å². The van der Waals surface area contributed by atoms with E-state index in [4.69, 9.17) is 9.97 Å². The first-order valence-electron chi connectivity index (χ1n) is 13.5. The molecule has 3 heterocycles. The fourth-order valence-corrected chi connectivity index (χ4v) is 5.52. The van der Waals surface area contributed by atoms with Gasteiger partial charge < -0.3 is 10.3 Å². The van der Waals surface area contributed by atoms with Crippen molar-refractivity contribution in [1.29, 1.82) is 0 Å². The zero-order valence-corrected chi connectivity index (χ0v) is 21.9. The van der Waals surface area contributed by atoms with E-state index in [-0.39, 0.29) is 6.04 Å². The summed E-state index contributed by atoms with van der Waals surface area (Å²) in [7, 11) is 0. The Kier molecular flexibility index (Phi) is 7.25. The second-order valence-corrected chi connectivity index (χ2v) is 10.2. The number of nitrogens with zero attached hydrogens (tertiary/aromatic N) is 4. The van der Waals surface area contributed by atoms with E-state index >= 15 is 0 Å². The quantitative estimate of drug-likeness (QED) is 0.258. The fourth-order valence-electron chi connectivity index (χ4n) is 5.52. The molecule has 38 heavy (non-hydrogen) atoms. The first kappa shape index (κ1) is 24.5. The summed E-state index contributed by atoms with van der Waals surface area (Å²) in [4.78, 5) is 20.3. The van der Waals surface area contributed by atoms with Crippen molar-refractivity contribution in [2.24, 2.45) is 0 Å². The minimum absolute atomic E-state index is 0.274. The van der Waals surface area contributed by atoms with Gasteiger partial charge in [-0.05, 0) is 72.7 Å². The van der Waals surface area contributed by atoms with Gasteiger partial charge >= 0.3 is 0 Å². The third kappa shape index (κ3) is 5.52. The van der Waals surface area contributed by atoms with Crippen LogP contribution < -0.4 is 5.32 Å². The summed E-state index contributed by atoms with van der Waals surface area (Å²) in [5, 5.41) is 3.53. The van der Waals surface area contributed by atoms with Crippen LogP contribution in [0, 0.1) is 6.92 Å². The van der Waals surface area contributed by atoms with Crippen molar-refractivity contribution in [2.75, 3.05) is 0 Å². The number of aromatic amines is 1. The van der Waals surface area contributed by atoms with Gasteiger partial charge in [0.15, 0.2) is 0 Å². The van der Waals surface area contributed by atoms with Gasteiger partial charge in [0.25, 0.3) is 0 Å². The van der Waals surface area contributed by atoms with Gasteiger partial charge in [0.05, 0.1) is 35.0 Å². The predicted octanol–water partition coefficient (Wildman–Crippen LogP) is 6.03. The number of fused-ring (bicyclic) bond motifs is 2. The minimum atomic E-state index is 0.274. The molecule has 0 amide bonds. The number of benzene rings is 2. The summed E-state index contributed by atoms with van der Waals surface area (Å²) in [6.45, 7) is 5.30. The van der Waals surface area contributed by atoms with E-state index in [1.807, 2.05) is 24.5 Å². The standard InChI is InChI=1S/C32H34N6/c1-23-7-5-17-34-29(23)20-33-19-24-13-15-25(16-14-24)21-38(22-31-36-27-10-2-3-11-28(27)37-31)30-12-4-8-26-9-6-18-35-32(26)30/h2-3,5-7,9-11,13-18,30,33H,4,8,12,19-22H2,1H3,(H,36,37). The van der Waals surface area contributed by atoms with Gasteiger partial charge in [0.2, 0.25) is 0 Å². The van der Waals surface area contributed by atoms with Crippen LogP contribution in [0.3, 0.4) is 0 Å². The summed E-state index contributed by atoms with van der Waals surface area (Å²) < 4.78 is 0. The summed E-state index contributed by atoms with van der Waals surface area (Å²) in [6.07, 6.45) is 7.19. The van der Waals surface area contributed by atoms with Crippen molar-refractivity contribution >= 4 is 11.0 Å². The van der Waals surface area contributed by atoms with Crippen LogP contribution in [0.1, 0.15) is 58.3 Å². The molecule has 2 N–H and O–H groups in total. The molecule has 0 spiro atoms. The van der Waals surface area contributed by atoms with E-state index in [0.717, 1.165) is 61.6 Å². The van der Waals surface area contributed by atoms with Crippen molar-refractivity contribution in [3.8, 4) is 0 Å². The molecule has 0 radical (unpaired) electrons. The lowest BCUT2D eigenvalue weighted by atomic mass is 9.90. The van der Waals surface area contributed by atoms with Crippen LogP contribution in [-0.2, 0) is 32.6 Å². The van der Waals surface area contributed by atoms with Crippen LogP contribution in [0.25, 0.3) is 11.0 Å².